The zero-order valence-corrected chi connectivity index (χ0v) is 11.6. The molecule has 0 spiro atoms. The first-order valence-electron chi connectivity index (χ1n) is 6.82. The highest BCUT2D eigenvalue weighted by atomic mass is 14.6. The van der Waals surface area contributed by atoms with Crippen molar-refractivity contribution in [2.24, 2.45) is 17.6 Å². The van der Waals surface area contributed by atoms with E-state index < -0.39 is 0 Å². The van der Waals surface area contributed by atoms with Crippen molar-refractivity contribution in [1.82, 2.24) is 0 Å². The maximum atomic E-state index is 6.13. The van der Waals surface area contributed by atoms with E-state index in [2.05, 4.69) is 63.2 Å². The summed E-state index contributed by atoms with van der Waals surface area (Å²) in [5, 5.41) is 2.69. The first-order valence-corrected chi connectivity index (χ1v) is 6.82. The number of rotatable bonds is 4. The molecule has 96 valence electrons. The van der Waals surface area contributed by atoms with E-state index in [9.17, 15) is 0 Å². The average molecular weight is 241 g/mol. The third-order valence-corrected chi connectivity index (χ3v) is 3.87. The van der Waals surface area contributed by atoms with Crippen molar-refractivity contribution in [3.8, 4) is 0 Å². The summed E-state index contributed by atoms with van der Waals surface area (Å²) < 4.78 is 0. The highest BCUT2D eigenvalue weighted by Gasteiger charge is 2.19. The van der Waals surface area contributed by atoms with E-state index in [-0.39, 0.29) is 6.04 Å². The fourth-order valence-corrected chi connectivity index (χ4v) is 2.75. The minimum Gasteiger partial charge on any atom is -0.328 e. The Morgan fingerprint density at radius 3 is 2.28 bits per heavy atom. The number of hydrogen-bond acceptors (Lipinski definition) is 1. The predicted molar refractivity (Wildman–Crippen MR) is 79.6 cm³/mol. The lowest BCUT2D eigenvalue weighted by molar-refractivity contribution is 0.330. The van der Waals surface area contributed by atoms with Crippen molar-refractivity contribution in [3.63, 3.8) is 0 Å². The Bertz CT molecular complexity index is 501. The third-order valence-electron chi connectivity index (χ3n) is 3.87. The van der Waals surface area contributed by atoms with Crippen molar-refractivity contribution in [2.45, 2.75) is 33.2 Å². The van der Waals surface area contributed by atoms with Crippen LogP contribution in [-0.2, 0) is 6.42 Å². The van der Waals surface area contributed by atoms with Crippen LogP contribution in [0.1, 0.15) is 26.3 Å². The molecule has 0 heterocycles. The summed E-state index contributed by atoms with van der Waals surface area (Å²) in [6, 6.07) is 15.4. The molecule has 0 bridgehead atoms. The summed E-state index contributed by atoms with van der Waals surface area (Å²) in [5.74, 6) is 1.15. The summed E-state index contributed by atoms with van der Waals surface area (Å²) in [5.41, 5.74) is 7.55. The highest BCUT2D eigenvalue weighted by molar-refractivity contribution is 5.85. The molecule has 0 aliphatic carbocycles. The van der Waals surface area contributed by atoms with Crippen LogP contribution in [0.15, 0.2) is 42.5 Å². The van der Waals surface area contributed by atoms with E-state index in [1.165, 1.54) is 16.3 Å². The van der Waals surface area contributed by atoms with Crippen molar-refractivity contribution < 1.29 is 0 Å². The molecule has 0 saturated heterocycles. The van der Waals surface area contributed by atoms with E-state index in [0.29, 0.717) is 11.8 Å². The Labute approximate surface area is 110 Å². The Morgan fingerprint density at radius 2 is 1.61 bits per heavy atom. The molecule has 2 aromatic carbocycles. The SMILES string of the molecule is CC(C)C(Cc1cccc2ccccc12)C(C)N. The molecule has 2 aromatic rings. The van der Waals surface area contributed by atoms with Crippen LogP contribution < -0.4 is 5.73 Å². The van der Waals surface area contributed by atoms with Crippen molar-refractivity contribution >= 4 is 10.8 Å². The van der Waals surface area contributed by atoms with E-state index in [0.717, 1.165) is 6.42 Å². The molecule has 18 heavy (non-hydrogen) atoms. The van der Waals surface area contributed by atoms with Gasteiger partial charge in [-0.05, 0) is 41.5 Å². The molecular formula is C17H23N. The first kappa shape index (κ1) is 13.1. The molecule has 0 radical (unpaired) electrons. The molecule has 2 N–H and O–H groups in total. The number of benzene rings is 2. The smallest absolute Gasteiger partial charge is 0.00443 e. The van der Waals surface area contributed by atoms with E-state index >= 15 is 0 Å². The van der Waals surface area contributed by atoms with Gasteiger partial charge in [0, 0.05) is 6.04 Å². The lowest BCUT2D eigenvalue weighted by atomic mass is 9.83. The summed E-state index contributed by atoms with van der Waals surface area (Å²) >= 11 is 0. The van der Waals surface area contributed by atoms with E-state index in [1.54, 1.807) is 0 Å². The Morgan fingerprint density at radius 1 is 0.944 bits per heavy atom. The summed E-state index contributed by atoms with van der Waals surface area (Å²) in [7, 11) is 0. The van der Waals surface area contributed by atoms with Gasteiger partial charge in [0.05, 0.1) is 0 Å². The van der Waals surface area contributed by atoms with Gasteiger partial charge in [0.2, 0.25) is 0 Å². The Hall–Kier alpha value is -1.34. The fraction of sp³-hybridized carbons (Fsp3) is 0.412. The van der Waals surface area contributed by atoms with Gasteiger partial charge >= 0.3 is 0 Å². The van der Waals surface area contributed by atoms with Gasteiger partial charge in [0.25, 0.3) is 0 Å². The molecular weight excluding hydrogens is 218 g/mol. The topological polar surface area (TPSA) is 26.0 Å². The van der Waals surface area contributed by atoms with Gasteiger partial charge in [-0.2, -0.15) is 0 Å². The monoisotopic (exact) mass is 241 g/mol. The zero-order valence-electron chi connectivity index (χ0n) is 11.6. The lowest BCUT2D eigenvalue weighted by Crippen LogP contribution is -2.32. The minimum atomic E-state index is 0.240. The third kappa shape index (κ3) is 2.73. The zero-order chi connectivity index (χ0) is 13.1. The Balaban J connectivity index is 2.36. The molecule has 0 aromatic heterocycles. The molecule has 0 aliphatic heterocycles. The van der Waals surface area contributed by atoms with Crippen LogP contribution in [0.3, 0.4) is 0 Å². The van der Waals surface area contributed by atoms with Crippen LogP contribution in [0.4, 0.5) is 0 Å². The van der Waals surface area contributed by atoms with Crippen LogP contribution in [0.5, 0.6) is 0 Å². The van der Waals surface area contributed by atoms with Crippen LogP contribution in [0, 0.1) is 11.8 Å². The molecule has 0 amide bonds. The molecule has 2 unspecified atom stereocenters. The molecule has 2 atom stereocenters. The van der Waals surface area contributed by atoms with Crippen LogP contribution in [-0.4, -0.2) is 6.04 Å². The van der Waals surface area contributed by atoms with Crippen molar-refractivity contribution in [2.75, 3.05) is 0 Å². The summed E-state index contributed by atoms with van der Waals surface area (Å²) in [4.78, 5) is 0. The standard InChI is InChI=1S/C17H23N/c1-12(2)17(13(3)18)11-15-9-6-8-14-7-4-5-10-16(14)15/h4-10,12-13,17H,11,18H2,1-3H3. The fourth-order valence-electron chi connectivity index (χ4n) is 2.75. The largest absolute Gasteiger partial charge is 0.328 e. The summed E-state index contributed by atoms with van der Waals surface area (Å²) in [6.45, 7) is 6.65. The quantitative estimate of drug-likeness (QED) is 0.860. The maximum Gasteiger partial charge on any atom is 0.00443 e. The second-order valence-electron chi connectivity index (χ2n) is 5.61. The van der Waals surface area contributed by atoms with Gasteiger partial charge in [-0.1, -0.05) is 56.3 Å². The lowest BCUT2D eigenvalue weighted by Gasteiger charge is -2.25. The second-order valence-corrected chi connectivity index (χ2v) is 5.61. The van der Waals surface area contributed by atoms with Gasteiger partial charge in [0.1, 0.15) is 0 Å². The molecule has 2 rings (SSSR count). The van der Waals surface area contributed by atoms with Gasteiger partial charge in [-0.25, -0.2) is 0 Å². The molecule has 1 heteroatoms. The van der Waals surface area contributed by atoms with Gasteiger partial charge in [-0.15, -0.1) is 0 Å². The molecule has 0 fully saturated rings. The normalized spacial score (nSPS) is 14.9. The Kier molecular flexibility index (Phi) is 4.03. The first-order chi connectivity index (χ1) is 8.59. The number of hydrogen-bond donors (Lipinski definition) is 1. The van der Waals surface area contributed by atoms with Gasteiger partial charge in [0.15, 0.2) is 0 Å². The number of fused-ring (bicyclic) bond motifs is 1. The van der Waals surface area contributed by atoms with Crippen molar-refractivity contribution in [1.29, 1.82) is 0 Å². The van der Waals surface area contributed by atoms with Crippen LogP contribution >= 0.6 is 0 Å². The minimum absolute atomic E-state index is 0.240. The van der Waals surface area contributed by atoms with Gasteiger partial charge < -0.3 is 5.73 Å². The average Bonchev–Trinajstić information content (AvgIpc) is 2.35. The predicted octanol–water partition coefficient (Wildman–Crippen LogP) is 4.00. The summed E-state index contributed by atoms with van der Waals surface area (Å²) in [6.07, 6.45) is 1.07. The maximum absolute atomic E-state index is 6.13. The second kappa shape index (κ2) is 5.53. The highest BCUT2D eigenvalue weighted by Crippen LogP contribution is 2.25. The molecule has 0 aliphatic rings. The van der Waals surface area contributed by atoms with E-state index in [1.807, 2.05) is 0 Å². The molecule has 0 saturated carbocycles. The van der Waals surface area contributed by atoms with Crippen LogP contribution in [0.2, 0.25) is 0 Å². The molecule has 1 nitrogen and oxygen atoms in total. The van der Waals surface area contributed by atoms with Crippen molar-refractivity contribution in [3.05, 3.63) is 48.0 Å². The van der Waals surface area contributed by atoms with E-state index in [4.69, 9.17) is 5.73 Å². The number of nitrogens with two attached hydrogens (primary N) is 1. The van der Waals surface area contributed by atoms with Crippen LogP contribution in [0.25, 0.3) is 10.8 Å². The van der Waals surface area contributed by atoms with Gasteiger partial charge in [-0.3, -0.25) is 0 Å².